The monoisotopic (exact) mass is 382 g/mol. The number of hydrogen-bond acceptors (Lipinski definition) is 6. The highest BCUT2D eigenvalue weighted by Crippen LogP contribution is 2.25. The number of nitrogens with one attached hydrogen (secondary N) is 2. The molecule has 1 amide bonds. The van der Waals surface area contributed by atoms with E-state index < -0.39 is 0 Å². The first-order chi connectivity index (χ1) is 13.2. The first kappa shape index (κ1) is 17.8. The smallest absolute Gasteiger partial charge is 0.274 e. The Morgan fingerprint density at radius 1 is 1.30 bits per heavy atom. The third-order valence-corrected chi connectivity index (χ3v) is 5.76. The van der Waals surface area contributed by atoms with Gasteiger partial charge in [-0.1, -0.05) is 35.5 Å². The van der Waals surface area contributed by atoms with Crippen molar-refractivity contribution in [2.45, 2.75) is 31.8 Å². The van der Waals surface area contributed by atoms with Gasteiger partial charge in [0.2, 0.25) is 0 Å². The SMILES string of the molecule is CC(NC(=O)c1cn(C2CCNCC2)nn1)c1nc(-c2ccccc2)cs1. The second-order valence-corrected chi connectivity index (χ2v) is 7.59. The highest BCUT2D eigenvalue weighted by Gasteiger charge is 2.20. The van der Waals surface area contributed by atoms with Gasteiger partial charge in [-0.25, -0.2) is 9.67 Å². The summed E-state index contributed by atoms with van der Waals surface area (Å²) in [6, 6.07) is 10.1. The zero-order valence-electron chi connectivity index (χ0n) is 15.1. The summed E-state index contributed by atoms with van der Waals surface area (Å²) < 4.78 is 1.82. The number of carbonyl (C=O) groups excluding carboxylic acids is 1. The molecule has 140 valence electrons. The second kappa shape index (κ2) is 7.98. The molecule has 0 spiro atoms. The van der Waals surface area contributed by atoms with E-state index in [0.29, 0.717) is 11.7 Å². The lowest BCUT2D eigenvalue weighted by Crippen LogP contribution is -2.29. The molecule has 3 heterocycles. The molecule has 0 saturated carbocycles. The number of thiazole rings is 1. The maximum absolute atomic E-state index is 12.5. The second-order valence-electron chi connectivity index (χ2n) is 6.70. The van der Waals surface area contributed by atoms with Crippen molar-refractivity contribution < 1.29 is 4.79 Å². The maximum Gasteiger partial charge on any atom is 0.274 e. The van der Waals surface area contributed by atoms with Gasteiger partial charge in [-0.2, -0.15) is 0 Å². The standard InChI is InChI=1S/C19H22N6OS/c1-13(19-22-17(12-27-19)14-5-3-2-4-6-14)21-18(26)16-11-25(24-23-16)15-7-9-20-10-8-15/h2-6,11-13,15,20H,7-10H2,1H3,(H,21,26). The summed E-state index contributed by atoms with van der Waals surface area (Å²) in [6.45, 7) is 3.87. The summed E-state index contributed by atoms with van der Waals surface area (Å²) in [5.41, 5.74) is 2.34. The third-order valence-electron chi connectivity index (χ3n) is 4.74. The van der Waals surface area contributed by atoms with E-state index in [0.717, 1.165) is 42.2 Å². The normalized spacial score (nSPS) is 16.2. The molecular formula is C19H22N6OS. The molecule has 1 fully saturated rings. The van der Waals surface area contributed by atoms with Crippen molar-refractivity contribution in [3.05, 3.63) is 52.6 Å². The molecule has 1 atom stereocenters. The molecule has 3 aromatic rings. The Balaban J connectivity index is 1.41. The minimum Gasteiger partial charge on any atom is -0.342 e. The van der Waals surface area contributed by atoms with Gasteiger partial charge in [0.15, 0.2) is 5.69 Å². The van der Waals surface area contributed by atoms with Gasteiger partial charge >= 0.3 is 0 Å². The van der Waals surface area contributed by atoms with E-state index in [-0.39, 0.29) is 11.9 Å². The van der Waals surface area contributed by atoms with E-state index in [1.165, 1.54) is 0 Å². The summed E-state index contributed by atoms with van der Waals surface area (Å²) in [5, 5.41) is 17.4. The van der Waals surface area contributed by atoms with Crippen LogP contribution in [0.25, 0.3) is 11.3 Å². The molecule has 8 heteroatoms. The van der Waals surface area contributed by atoms with Crippen LogP contribution in [0.4, 0.5) is 0 Å². The molecule has 1 aliphatic rings. The van der Waals surface area contributed by atoms with Crippen LogP contribution >= 0.6 is 11.3 Å². The van der Waals surface area contributed by atoms with Crippen molar-refractivity contribution in [3.63, 3.8) is 0 Å². The number of piperidine rings is 1. The lowest BCUT2D eigenvalue weighted by molar-refractivity contribution is 0.0934. The minimum atomic E-state index is -0.223. The van der Waals surface area contributed by atoms with Crippen LogP contribution in [-0.2, 0) is 0 Å². The molecule has 2 N–H and O–H groups in total. The Bertz CT molecular complexity index is 900. The van der Waals surface area contributed by atoms with Crippen molar-refractivity contribution in [1.29, 1.82) is 0 Å². The van der Waals surface area contributed by atoms with E-state index >= 15 is 0 Å². The van der Waals surface area contributed by atoms with E-state index in [1.54, 1.807) is 17.5 Å². The highest BCUT2D eigenvalue weighted by atomic mass is 32.1. The molecule has 1 aromatic carbocycles. The van der Waals surface area contributed by atoms with Crippen LogP contribution in [-0.4, -0.2) is 39.0 Å². The first-order valence-electron chi connectivity index (χ1n) is 9.15. The van der Waals surface area contributed by atoms with Crippen molar-refractivity contribution in [2.75, 3.05) is 13.1 Å². The van der Waals surface area contributed by atoms with Gasteiger partial charge in [-0.3, -0.25) is 4.79 Å². The van der Waals surface area contributed by atoms with Gasteiger partial charge in [0.05, 0.1) is 24.0 Å². The summed E-state index contributed by atoms with van der Waals surface area (Å²) >= 11 is 1.54. The third kappa shape index (κ3) is 4.06. The van der Waals surface area contributed by atoms with Crippen molar-refractivity contribution in [1.82, 2.24) is 30.6 Å². The van der Waals surface area contributed by atoms with Crippen LogP contribution in [0.1, 0.15) is 47.3 Å². The molecule has 0 bridgehead atoms. The van der Waals surface area contributed by atoms with Crippen LogP contribution in [0.15, 0.2) is 41.9 Å². The summed E-state index contributed by atoms with van der Waals surface area (Å²) in [6.07, 6.45) is 3.75. The number of amides is 1. The van der Waals surface area contributed by atoms with E-state index in [9.17, 15) is 4.79 Å². The quantitative estimate of drug-likeness (QED) is 0.709. The zero-order valence-corrected chi connectivity index (χ0v) is 15.9. The van der Waals surface area contributed by atoms with Gasteiger partial charge in [0, 0.05) is 10.9 Å². The summed E-state index contributed by atoms with van der Waals surface area (Å²) in [4.78, 5) is 17.2. The fourth-order valence-electron chi connectivity index (χ4n) is 3.19. The van der Waals surface area contributed by atoms with Crippen LogP contribution in [0.5, 0.6) is 0 Å². The topological polar surface area (TPSA) is 84.7 Å². The fourth-order valence-corrected chi connectivity index (χ4v) is 4.03. The minimum absolute atomic E-state index is 0.191. The molecule has 0 aliphatic carbocycles. The average molecular weight is 382 g/mol. The number of hydrogen-bond donors (Lipinski definition) is 2. The molecule has 7 nitrogen and oxygen atoms in total. The van der Waals surface area contributed by atoms with Crippen LogP contribution < -0.4 is 10.6 Å². The molecule has 1 aliphatic heterocycles. The summed E-state index contributed by atoms with van der Waals surface area (Å²) in [7, 11) is 0. The number of carbonyl (C=O) groups is 1. The van der Waals surface area contributed by atoms with Crippen LogP contribution in [0.2, 0.25) is 0 Å². The molecule has 2 aromatic heterocycles. The number of nitrogens with zero attached hydrogens (tertiary/aromatic N) is 4. The van der Waals surface area contributed by atoms with Crippen molar-refractivity contribution in [2.24, 2.45) is 0 Å². The van der Waals surface area contributed by atoms with Gasteiger partial charge in [-0.05, 0) is 32.9 Å². The van der Waals surface area contributed by atoms with E-state index in [2.05, 4.69) is 25.9 Å². The van der Waals surface area contributed by atoms with Crippen LogP contribution in [0, 0.1) is 0 Å². The Labute approximate surface area is 161 Å². The Morgan fingerprint density at radius 3 is 2.85 bits per heavy atom. The molecule has 1 unspecified atom stereocenters. The van der Waals surface area contributed by atoms with Gasteiger partial charge in [-0.15, -0.1) is 16.4 Å². The molecular weight excluding hydrogens is 360 g/mol. The lowest BCUT2D eigenvalue weighted by Gasteiger charge is -2.22. The van der Waals surface area contributed by atoms with Crippen molar-refractivity contribution >= 4 is 17.2 Å². The molecule has 27 heavy (non-hydrogen) atoms. The lowest BCUT2D eigenvalue weighted by atomic mass is 10.1. The Hall–Kier alpha value is -2.58. The number of benzene rings is 1. The largest absolute Gasteiger partial charge is 0.342 e. The van der Waals surface area contributed by atoms with Crippen molar-refractivity contribution in [3.8, 4) is 11.3 Å². The molecule has 0 radical (unpaired) electrons. The van der Waals surface area contributed by atoms with E-state index in [1.807, 2.05) is 47.3 Å². The highest BCUT2D eigenvalue weighted by molar-refractivity contribution is 7.10. The maximum atomic E-state index is 12.5. The zero-order chi connectivity index (χ0) is 18.6. The average Bonchev–Trinajstić information content (AvgIpc) is 3.39. The first-order valence-corrected chi connectivity index (χ1v) is 10.0. The fraction of sp³-hybridized carbons (Fsp3) is 0.368. The van der Waals surface area contributed by atoms with E-state index in [4.69, 9.17) is 0 Å². The van der Waals surface area contributed by atoms with Gasteiger partial charge in [0.1, 0.15) is 5.01 Å². The molecule has 4 rings (SSSR count). The van der Waals surface area contributed by atoms with Crippen LogP contribution in [0.3, 0.4) is 0 Å². The molecule has 1 saturated heterocycles. The Morgan fingerprint density at radius 2 is 2.07 bits per heavy atom. The predicted molar refractivity (Wildman–Crippen MR) is 105 cm³/mol. The van der Waals surface area contributed by atoms with Gasteiger partial charge in [0.25, 0.3) is 5.91 Å². The number of aromatic nitrogens is 4. The van der Waals surface area contributed by atoms with Gasteiger partial charge < -0.3 is 10.6 Å². The Kier molecular flexibility index (Phi) is 5.26. The predicted octanol–water partition coefficient (Wildman–Crippen LogP) is 2.82. The summed E-state index contributed by atoms with van der Waals surface area (Å²) in [5.74, 6) is -0.223. The number of rotatable bonds is 5.